The Balaban J connectivity index is 2.10. The smallest absolute Gasteiger partial charge is 0.290 e. The number of aliphatic hydroxyl groups excluding tert-OH is 1. The number of benzene rings is 1. The van der Waals surface area contributed by atoms with E-state index in [4.69, 9.17) is 27.6 Å². The lowest BCUT2D eigenvalue weighted by Gasteiger charge is -2.26. The number of hydrogen-bond acceptors (Lipinski definition) is 4. The number of aliphatic hydroxyl groups is 1. The minimum atomic E-state index is -0.801. The summed E-state index contributed by atoms with van der Waals surface area (Å²) in [7, 11) is 0. The topological polar surface area (TPSA) is 70.8 Å². The van der Waals surface area contributed by atoms with Gasteiger partial charge in [-0.25, -0.2) is 0 Å². The highest BCUT2D eigenvalue weighted by molar-refractivity contribution is 6.35. The second-order valence-corrected chi connectivity index (χ2v) is 6.24. The van der Waals surface area contributed by atoms with Crippen LogP contribution in [-0.2, 0) is 16.1 Å². The number of halogens is 2. The zero-order valence-corrected chi connectivity index (χ0v) is 14.1. The summed E-state index contributed by atoms with van der Waals surface area (Å²) >= 11 is 12.2. The van der Waals surface area contributed by atoms with Crippen LogP contribution in [0.5, 0.6) is 0 Å². The van der Waals surface area contributed by atoms with E-state index in [1.54, 1.807) is 24.3 Å². The Morgan fingerprint density at radius 1 is 1.33 bits per heavy atom. The SMILES string of the molecule is CC(=O)C1=C(O)C(=O)N(Cc2ccco2)[C@@H]1c1ccc(Cl)cc1Cl. The van der Waals surface area contributed by atoms with E-state index in [9.17, 15) is 14.7 Å². The molecule has 0 spiro atoms. The van der Waals surface area contributed by atoms with Gasteiger partial charge in [-0.05, 0) is 36.8 Å². The molecule has 124 valence electrons. The minimum absolute atomic E-state index is 0.00998. The Kier molecular flexibility index (Phi) is 4.39. The summed E-state index contributed by atoms with van der Waals surface area (Å²) < 4.78 is 5.28. The quantitative estimate of drug-likeness (QED) is 0.886. The second kappa shape index (κ2) is 6.34. The van der Waals surface area contributed by atoms with E-state index in [-0.39, 0.29) is 12.1 Å². The fourth-order valence-corrected chi connectivity index (χ4v) is 3.31. The molecule has 1 N–H and O–H groups in total. The molecule has 1 amide bonds. The van der Waals surface area contributed by atoms with Crippen molar-refractivity contribution in [2.24, 2.45) is 0 Å². The third kappa shape index (κ3) is 2.81. The number of carbonyl (C=O) groups excluding carboxylic acids is 2. The van der Waals surface area contributed by atoms with Crippen molar-refractivity contribution in [3.05, 3.63) is 69.3 Å². The molecule has 0 radical (unpaired) electrons. The largest absolute Gasteiger partial charge is 0.503 e. The number of furan rings is 1. The van der Waals surface area contributed by atoms with Gasteiger partial charge in [0.2, 0.25) is 0 Å². The zero-order chi connectivity index (χ0) is 17.4. The van der Waals surface area contributed by atoms with Gasteiger partial charge in [0.05, 0.1) is 24.4 Å². The summed E-state index contributed by atoms with van der Waals surface area (Å²) in [6, 6.07) is 7.38. The van der Waals surface area contributed by atoms with Crippen LogP contribution in [0.15, 0.2) is 52.3 Å². The van der Waals surface area contributed by atoms with E-state index < -0.39 is 23.5 Å². The number of carbonyl (C=O) groups is 2. The highest BCUT2D eigenvalue weighted by Crippen LogP contribution is 2.41. The first-order valence-electron chi connectivity index (χ1n) is 7.12. The Labute approximate surface area is 148 Å². The third-order valence-corrected chi connectivity index (χ3v) is 4.41. The van der Waals surface area contributed by atoms with Crippen molar-refractivity contribution in [3.63, 3.8) is 0 Å². The Morgan fingerprint density at radius 2 is 2.08 bits per heavy atom. The first-order valence-corrected chi connectivity index (χ1v) is 7.88. The molecule has 0 fully saturated rings. The van der Waals surface area contributed by atoms with Crippen LogP contribution in [0.1, 0.15) is 24.3 Å². The molecule has 0 saturated heterocycles. The molecule has 1 atom stereocenters. The van der Waals surface area contributed by atoms with E-state index in [1.807, 2.05) is 0 Å². The Bertz CT molecular complexity index is 842. The van der Waals surface area contributed by atoms with Gasteiger partial charge in [0, 0.05) is 10.0 Å². The van der Waals surface area contributed by atoms with Gasteiger partial charge in [0.25, 0.3) is 5.91 Å². The third-order valence-electron chi connectivity index (χ3n) is 3.85. The molecule has 0 unspecified atom stereocenters. The maximum absolute atomic E-state index is 12.5. The second-order valence-electron chi connectivity index (χ2n) is 5.40. The van der Waals surface area contributed by atoms with Gasteiger partial charge in [-0.1, -0.05) is 29.3 Å². The molecule has 0 saturated carbocycles. The monoisotopic (exact) mass is 365 g/mol. The lowest BCUT2D eigenvalue weighted by molar-refractivity contribution is -0.130. The molecule has 1 aliphatic rings. The molecular formula is C17H13Cl2NO4. The summed E-state index contributed by atoms with van der Waals surface area (Å²) in [5.41, 5.74) is 0.519. The number of nitrogens with zero attached hydrogens (tertiary/aromatic N) is 1. The van der Waals surface area contributed by atoms with Crippen LogP contribution < -0.4 is 0 Å². The predicted molar refractivity (Wildman–Crippen MR) is 88.8 cm³/mol. The predicted octanol–water partition coefficient (Wildman–Crippen LogP) is 4.07. The lowest BCUT2D eigenvalue weighted by atomic mass is 9.96. The van der Waals surface area contributed by atoms with Crippen molar-refractivity contribution in [1.82, 2.24) is 4.90 Å². The summed E-state index contributed by atoms with van der Waals surface area (Å²) in [4.78, 5) is 25.8. The van der Waals surface area contributed by atoms with E-state index in [0.29, 0.717) is 21.4 Å². The number of ketones is 1. The van der Waals surface area contributed by atoms with Crippen molar-refractivity contribution in [2.45, 2.75) is 19.5 Å². The summed E-state index contributed by atoms with van der Waals surface area (Å²) in [6.45, 7) is 1.39. The molecule has 7 heteroatoms. The van der Waals surface area contributed by atoms with Gasteiger partial charge in [0.1, 0.15) is 5.76 Å². The van der Waals surface area contributed by atoms with Crippen LogP contribution in [0.2, 0.25) is 10.0 Å². The first kappa shape index (κ1) is 16.6. The normalized spacial score (nSPS) is 17.7. The first-order chi connectivity index (χ1) is 11.4. The van der Waals surface area contributed by atoms with Gasteiger partial charge in [0.15, 0.2) is 11.5 Å². The van der Waals surface area contributed by atoms with Crippen molar-refractivity contribution in [1.29, 1.82) is 0 Å². The molecule has 5 nitrogen and oxygen atoms in total. The van der Waals surface area contributed by atoms with Crippen LogP contribution >= 0.6 is 23.2 Å². The molecule has 0 aliphatic carbocycles. The van der Waals surface area contributed by atoms with Gasteiger partial charge < -0.3 is 14.4 Å². The maximum atomic E-state index is 12.5. The van der Waals surface area contributed by atoms with E-state index in [1.165, 1.54) is 24.2 Å². The number of rotatable bonds is 4. The molecule has 2 heterocycles. The molecule has 24 heavy (non-hydrogen) atoms. The van der Waals surface area contributed by atoms with Crippen LogP contribution in [0.25, 0.3) is 0 Å². The van der Waals surface area contributed by atoms with Crippen molar-refractivity contribution in [2.75, 3.05) is 0 Å². The van der Waals surface area contributed by atoms with Crippen LogP contribution in [0, 0.1) is 0 Å². The van der Waals surface area contributed by atoms with Gasteiger partial charge in [-0.15, -0.1) is 0 Å². The number of Topliss-reactive ketones (excluding diaryl/α,β-unsaturated/α-hetero) is 1. The van der Waals surface area contributed by atoms with Crippen molar-refractivity contribution >= 4 is 34.9 Å². The van der Waals surface area contributed by atoms with E-state index in [0.717, 1.165) is 0 Å². The minimum Gasteiger partial charge on any atom is -0.503 e. The highest BCUT2D eigenvalue weighted by Gasteiger charge is 2.43. The Hall–Kier alpha value is -2.24. The molecule has 1 aliphatic heterocycles. The fourth-order valence-electron chi connectivity index (χ4n) is 2.79. The van der Waals surface area contributed by atoms with E-state index >= 15 is 0 Å². The summed E-state index contributed by atoms with van der Waals surface area (Å²) in [5.74, 6) is -1.09. The number of hydrogen-bond donors (Lipinski definition) is 1. The maximum Gasteiger partial charge on any atom is 0.290 e. The van der Waals surface area contributed by atoms with Gasteiger partial charge >= 0.3 is 0 Å². The molecular weight excluding hydrogens is 353 g/mol. The lowest BCUT2D eigenvalue weighted by Crippen LogP contribution is -2.30. The van der Waals surface area contributed by atoms with Crippen molar-refractivity contribution < 1.29 is 19.1 Å². The van der Waals surface area contributed by atoms with Crippen LogP contribution in [0.4, 0.5) is 0 Å². The highest BCUT2D eigenvalue weighted by atomic mass is 35.5. The average Bonchev–Trinajstić information content (AvgIpc) is 3.10. The van der Waals surface area contributed by atoms with Gasteiger partial charge in [-0.2, -0.15) is 0 Å². The standard InChI is InChI=1S/C17H13Cl2NO4/c1-9(21)14-15(12-5-4-10(18)7-13(12)19)20(17(23)16(14)22)8-11-3-2-6-24-11/h2-7,15,22H,8H2,1H3/t15-/m1/s1. The average molecular weight is 366 g/mol. The van der Waals surface area contributed by atoms with Gasteiger partial charge in [-0.3, -0.25) is 9.59 Å². The van der Waals surface area contributed by atoms with Crippen LogP contribution in [-0.4, -0.2) is 21.7 Å². The fraction of sp³-hybridized carbons (Fsp3) is 0.176. The molecule has 1 aromatic carbocycles. The Morgan fingerprint density at radius 3 is 2.67 bits per heavy atom. The van der Waals surface area contributed by atoms with Crippen LogP contribution in [0.3, 0.4) is 0 Å². The molecule has 1 aromatic heterocycles. The molecule has 0 bridgehead atoms. The summed E-state index contributed by atoms with van der Waals surface area (Å²) in [5, 5.41) is 10.9. The van der Waals surface area contributed by atoms with Crippen molar-refractivity contribution in [3.8, 4) is 0 Å². The molecule has 3 rings (SSSR count). The molecule has 2 aromatic rings. The van der Waals surface area contributed by atoms with E-state index in [2.05, 4.69) is 0 Å². The summed E-state index contributed by atoms with van der Waals surface area (Å²) in [6.07, 6.45) is 1.49. The zero-order valence-electron chi connectivity index (χ0n) is 12.6. The number of amides is 1.